The standard InChI is InChI=1S/C16H10BrF2N3O2/c1-16(9-4-11(18)7-12(19)5-9)15(23)22(3-2-20)13-6-10(17)8-21-14(13)24-16/h4-8H,3H2,1H3. The van der Waals surface area contributed by atoms with Gasteiger partial charge in [-0.3, -0.25) is 9.69 Å². The number of rotatable bonds is 2. The quantitative estimate of drug-likeness (QED) is 0.734. The maximum Gasteiger partial charge on any atom is 0.276 e. The minimum absolute atomic E-state index is 0.00306. The van der Waals surface area contributed by atoms with E-state index in [4.69, 9.17) is 10.00 Å². The fourth-order valence-corrected chi connectivity index (χ4v) is 2.85. The average molecular weight is 394 g/mol. The number of anilines is 1. The van der Waals surface area contributed by atoms with Gasteiger partial charge in [0.2, 0.25) is 11.5 Å². The van der Waals surface area contributed by atoms with Crippen molar-refractivity contribution in [3.05, 3.63) is 52.1 Å². The number of nitrogens with zero attached hydrogens (tertiary/aromatic N) is 3. The smallest absolute Gasteiger partial charge is 0.276 e. The molecule has 3 rings (SSSR count). The van der Waals surface area contributed by atoms with Crippen LogP contribution in [0.4, 0.5) is 14.5 Å². The van der Waals surface area contributed by atoms with Gasteiger partial charge in [-0.15, -0.1) is 0 Å². The zero-order valence-corrected chi connectivity index (χ0v) is 14.0. The monoisotopic (exact) mass is 393 g/mol. The molecule has 2 heterocycles. The van der Waals surface area contributed by atoms with Crippen LogP contribution in [-0.2, 0) is 10.4 Å². The van der Waals surface area contributed by atoms with Gasteiger partial charge < -0.3 is 4.74 Å². The third-order valence-electron chi connectivity index (χ3n) is 3.69. The fraction of sp³-hybridized carbons (Fsp3) is 0.188. The maximum absolute atomic E-state index is 13.6. The molecule has 1 aliphatic rings. The number of halogens is 3. The fourth-order valence-electron chi connectivity index (χ4n) is 2.53. The van der Waals surface area contributed by atoms with Crippen LogP contribution in [-0.4, -0.2) is 17.4 Å². The molecule has 0 fully saturated rings. The maximum atomic E-state index is 13.6. The van der Waals surface area contributed by atoms with Crippen LogP contribution in [0.15, 0.2) is 34.9 Å². The minimum atomic E-state index is -1.70. The molecule has 5 nitrogen and oxygen atoms in total. The molecule has 24 heavy (non-hydrogen) atoms. The summed E-state index contributed by atoms with van der Waals surface area (Å²) in [5, 5.41) is 9.02. The summed E-state index contributed by atoms with van der Waals surface area (Å²) in [7, 11) is 0. The first-order chi connectivity index (χ1) is 11.3. The van der Waals surface area contributed by atoms with Crippen LogP contribution in [0.5, 0.6) is 5.88 Å². The molecule has 0 bridgehead atoms. The van der Waals surface area contributed by atoms with Crippen LogP contribution in [0.3, 0.4) is 0 Å². The highest BCUT2D eigenvalue weighted by atomic mass is 79.9. The third-order valence-corrected chi connectivity index (χ3v) is 4.12. The summed E-state index contributed by atoms with van der Waals surface area (Å²) >= 11 is 3.24. The van der Waals surface area contributed by atoms with Gasteiger partial charge in [0, 0.05) is 22.3 Å². The van der Waals surface area contributed by atoms with Crippen molar-refractivity contribution in [1.29, 1.82) is 5.26 Å². The van der Waals surface area contributed by atoms with E-state index < -0.39 is 23.1 Å². The normalized spacial score (nSPS) is 19.5. The minimum Gasteiger partial charge on any atom is -0.455 e. The van der Waals surface area contributed by atoms with Gasteiger partial charge in [0.05, 0.1) is 6.07 Å². The van der Waals surface area contributed by atoms with E-state index in [0.29, 0.717) is 16.2 Å². The van der Waals surface area contributed by atoms with Gasteiger partial charge in [0.15, 0.2) is 0 Å². The van der Waals surface area contributed by atoms with Gasteiger partial charge in [-0.2, -0.15) is 5.26 Å². The summed E-state index contributed by atoms with van der Waals surface area (Å²) in [5.41, 5.74) is -1.39. The lowest BCUT2D eigenvalue weighted by atomic mass is 9.92. The van der Waals surface area contributed by atoms with E-state index in [2.05, 4.69) is 20.9 Å². The molecular weight excluding hydrogens is 384 g/mol. The van der Waals surface area contributed by atoms with Crippen LogP contribution in [0, 0.1) is 23.0 Å². The first-order valence-corrected chi connectivity index (χ1v) is 7.64. The molecule has 0 saturated carbocycles. The van der Waals surface area contributed by atoms with Crippen molar-refractivity contribution in [2.75, 3.05) is 11.4 Å². The average Bonchev–Trinajstić information content (AvgIpc) is 2.52. The Morgan fingerprint density at radius 2 is 2.00 bits per heavy atom. The molecule has 1 aliphatic heterocycles. The van der Waals surface area contributed by atoms with Gasteiger partial charge in [-0.25, -0.2) is 13.8 Å². The Morgan fingerprint density at radius 1 is 1.33 bits per heavy atom. The highest BCUT2D eigenvalue weighted by Crippen LogP contribution is 2.42. The van der Waals surface area contributed by atoms with Crippen LogP contribution in [0.25, 0.3) is 0 Å². The molecule has 2 aromatic rings. The zero-order chi connectivity index (χ0) is 17.5. The number of ether oxygens (including phenoxy) is 1. The van der Waals surface area contributed by atoms with E-state index in [9.17, 15) is 13.6 Å². The summed E-state index contributed by atoms with van der Waals surface area (Å²) < 4.78 is 33.5. The van der Waals surface area contributed by atoms with E-state index in [1.807, 2.05) is 6.07 Å². The van der Waals surface area contributed by atoms with Crippen molar-refractivity contribution in [2.24, 2.45) is 0 Å². The van der Waals surface area contributed by atoms with Gasteiger partial charge in [-0.1, -0.05) is 0 Å². The van der Waals surface area contributed by atoms with Crippen molar-refractivity contribution in [3.8, 4) is 11.9 Å². The van der Waals surface area contributed by atoms with E-state index in [1.54, 1.807) is 6.07 Å². The second-order valence-electron chi connectivity index (χ2n) is 5.32. The summed E-state index contributed by atoms with van der Waals surface area (Å²) in [6, 6.07) is 6.24. The van der Waals surface area contributed by atoms with Crippen molar-refractivity contribution >= 4 is 27.5 Å². The number of fused-ring (bicyclic) bond motifs is 1. The second-order valence-corrected chi connectivity index (χ2v) is 6.24. The molecule has 8 heteroatoms. The Balaban J connectivity index is 2.18. The largest absolute Gasteiger partial charge is 0.455 e. The summed E-state index contributed by atoms with van der Waals surface area (Å²) in [6.07, 6.45) is 1.46. The van der Waals surface area contributed by atoms with Crippen molar-refractivity contribution in [1.82, 2.24) is 4.98 Å². The number of pyridine rings is 1. The van der Waals surface area contributed by atoms with Gasteiger partial charge >= 0.3 is 0 Å². The van der Waals surface area contributed by atoms with E-state index in [0.717, 1.165) is 12.1 Å². The van der Waals surface area contributed by atoms with E-state index in [1.165, 1.54) is 18.0 Å². The highest BCUT2D eigenvalue weighted by Gasteiger charge is 2.47. The zero-order valence-electron chi connectivity index (χ0n) is 12.4. The molecule has 1 amide bonds. The number of hydrogen-bond acceptors (Lipinski definition) is 4. The number of hydrogen-bond donors (Lipinski definition) is 0. The van der Waals surface area contributed by atoms with E-state index >= 15 is 0 Å². The lowest BCUT2D eigenvalue weighted by molar-refractivity contribution is -0.135. The van der Waals surface area contributed by atoms with Crippen LogP contribution in [0.1, 0.15) is 12.5 Å². The number of benzene rings is 1. The predicted molar refractivity (Wildman–Crippen MR) is 84.2 cm³/mol. The second kappa shape index (κ2) is 5.83. The molecule has 1 unspecified atom stereocenters. The first-order valence-electron chi connectivity index (χ1n) is 6.85. The predicted octanol–water partition coefficient (Wildman–Crippen LogP) is 3.29. The Labute approximate surface area is 144 Å². The molecule has 1 aromatic heterocycles. The molecule has 1 atom stereocenters. The SMILES string of the molecule is CC1(c2cc(F)cc(F)c2)Oc2ncc(Br)cc2N(CC#N)C1=O. The molecule has 122 valence electrons. The summed E-state index contributed by atoms with van der Waals surface area (Å²) in [4.78, 5) is 18.2. The first kappa shape index (κ1) is 16.3. The number of amides is 1. The summed E-state index contributed by atoms with van der Waals surface area (Å²) in [6.45, 7) is 1.14. The van der Waals surface area contributed by atoms with Gasteiger partial charge in [-0.05, 0) is 41.1 Å². The Morgan fingerprint density at radius 3 is 2.62 bits per heavy atom. The van der Waals surface area contributed by atoms with Crippen LogP contribution >= 0.6 is 15.9 Å². The Hall–Kier alpha value is -2.53. The third kappa shape index (κ3) is 2.61. The summed E-state index contributed by atoms with van der Waals surface area (Å²) in [5.74, 6) is -2.17. The van der Waals surface area contributed by atoms with Gasteiger partial charge in [0.25, 0.3) is 5.91 Å². The lowest BCUT2D eigenvalue weighted by Gasteiger charge is -2.39. The van der Waals surface area contributed by atoms with Gasteiger partial charge in [0.1, 0.15) is 23.9 Å². The molecular formula is C16H10BrF2N3O2. The van der Waals surface area contributed by atoms with Crippen LogP contribution in [0.2, 0.25) is 0 Å². The van der Waals surface area contributed by atoms with Crippen molar-refractivity contribution in [2.45, 2.75) is 12.5 Å². The molecule has 0 aliphatic carbocycles. The number of carbonyl (C=O) groups excluding carboxylic acids is 1. The molecule has 1 aromatic carbocycles. The molecule has 0 spiro atoms. The molecule has 0 radical (unpaired) electrons. The lowest BCUT2D eigenvalue weighted by Crippen LogP contribution is -2.52. The molecule has 0 saturated heterocycles. The highest BCUT2D eigenvalue weighted by molar-refractivity contribution is 9.10. The van der Waals surface area contributed by atoms with Crippen LogP contribution < -0.4 is 9.64 Å². The number of nitriles is 1. The Kier molecular flexibility index (Phi) is 3.97. The number of aromatic nitrogens is 1. The Bertz CT molecular complexity index is 864. The molecule has 0 N–H and O–H groups in total. The van der Waals surface area contributed by atoms with Crippen molar-refractivity contribution < 1.29 is 18.3 Å². The van der Waals surface area contributed by atoms with E-state index in [-0.39, 0.29) is 18.0 Å². The number of carbonyl (C=O) groups is 1. The van der Waals surface area contributed by atoms with Crippen molar-refractivity contribution in [3.63, 3.8) is 0 Å². The topological polar surface area (TPSA) is 66.2 Å².